The molecule has 0 aliphatic carbocycles. The van der Waals surface area contributed by atoms with E-state index in [1.165, 1.54) is 5.56 Å². The largest absolute Gasteiger partial charge is 0.437 e. The number of rotatable bonds is 4. The fourth-order valence-corrected chi connectivity index (χ4v) is 1.96. The lowest BCUT2D eigenvalue weighted by Crippen LogP contribution is -1.95. The molecule has 0 amide bonds. The monoisotopic (exact) mass is 278 g/mol. The van der Waals surface area contributed by atoms with Crippen LogP contribution in [0.25, 0.3) is 5.69 Å². The summed E-state index contributed by atoms with van der Waals surface area (Å²) >= 11 is 0. The number of carbonyl (C=O) groups excluding carboxylic acids is 1. The molecule has 0 N–H and O–H groups in total. The first-order valence-electron chi connectivity index (χ1n) is 6.61. The van der Waals surface area contributed by atoms with Crippen LogP contribution in [0.4, 0.5) is 0 Å². The summed E-state index contributed by atoms with van der Waals surface area (Å²) in [6, 6.07) is 17.2. The zero-order valence-electron chi connectivity index (χ0n) is 11.6. The number of hydrogen-bond acceptors (Lipinski definition) is 3. The normalized spacial score (nSPS) is 10.3. The first-order valence-corrected chi connectivity index (χ1v) is 6.61. The van der Waals surface area contributed by atoms with Crippen LogP contribution in [0, 0.1) is 6.92 Å². The molecule has 104 valence electrons. The highest BCUT2D eigenvalue weighted by Crippen LogP contribution is 2.23. The van der Waals surface area contributed by atoms with Crippen molar-refractivity contribution in [3.63, 3.8) is 0 Å². The number of aryl methyl sites for hydroxylation is 1. The summed E-state index contributed by atoms with van der Waals surface area (Å²) < 4.78 is 7.30. The molecular formula is C17H14N2O2. The molecular weight excluding hydrogens is 264 g/mol. The van der Waals surface area contributed by atoms with Crippen molar-refractivity contribution >= 4 is 6.29 Å². The number of aldehydes is 1. The molecule has 0 saturated heterocycles. The molecule has 0 unspecified atom stereocenters. The van der Waals surface area contributed by atoms with Crippen LogP contribution >= 0.6 is 0 Å². The van der Waals surface area contributed by atoms with E-state index in [0.717, 1.165) is 12.0 Å². The van der Waals surface area contributed by atoms with Crippen molar-refractivity contribution < 1.29 is 9.53 Å². The molecule has 0 atom stereocenters. The van der Waals surface area contributed by atoms with Gasteiger partial charge in [0.25, 0.3) is 0 Å². The molecule has 3 rings (SSSR count). The third-order valence-corrected chi connectivity index (χ3v) is 3.09. The zero-order chi connectivity index (χ0) is 14.7. The molecule has 4 nitrogen and oxygen atoms in total. The number of aromatic nitrogens is 2. The second-order valence-corrected chi connectivity index (χ2v) is 4.70. The van der Waals surface area contributed by atoms with E-state index < -0.39 is 0 Å². The predicted molar refractivity (Wildman–Crippen MR) is 80.2 cm³/mol. The van der Waals surface area contributed by atoms with Crippen LogP contribution in [0.2, 0.25) is 0 Å². The number of benzene rings is 2. The van der Waals surface area contributed by atoms with E-state index >= 15 is 0 Å². The maximum Gasteiger partial charge on any atom is 0.249 e. The average molecular weight is 278 g/mol. The minimum Gasteiger partial charge on any atom is -0.437 e. The number of hydrogen-bond donors (Lipinski definition) is 0. The summed E-state index contributed by atoms with van der Waals surface area (Å²) in [5.41, 5.74) is 2.47. The van der Waals surface area contributed by atoms with Crippen molar-refractivity contribution in [2.75, 3.05) is 0 Å². The second kappa shape index (κ2) is 5.63. The minimum atomic E-state index is 0.303. The van der Waals surface area contributed by atoms with Gasteiger partial charge in [0.2, 0.25) is 5.88 Å². The van der Waals surface area contributed by atoms with Crippen molar-refractivity contribution in [1.82, 2.24) is 9.78 Å². The maximum atomic E-state index is 11.2. The lowest BCUT2D eigenvalue weighted by atomic mass is 10.2. The van der Waals surface area contributed by atoms with Gasteiger partial charge < -0.3 is 4.74 Å². The fourth-order valence-electron chi connectivity index (χ4n) is 1.96. The van der Waals surface area contributed by atoms with E-state index in [2.05, 4.69) is 5.10 Å². The Balaban J connectivity index is 1.94. The van der Waals surface area contributed by atoms with E-state index in [1.54, 1.807) is 10.9 Å². The van der Waals surface area contributed by atoms with E-state index in [9.17, 15) is 4.79 Å². The number of para-hydroxylation sites is 1. The van der Waals surface area contributed by atoms with E-state index in [4.69, 9.17) is 4.74 Å². The molecule has 0 aliphatic rings. The lowest BCUT2D eigenvalue weighted by Gasteiger charge is -2.03. The van der Waals surface area contributed by atoms with E-state index in [0.29, 0.717) is 17.2 Å². The van der Waals surface area contributed by atoms with Gasteiger partial charge >= 0.3 is 0 Å². The van der Waals surface area contributed by atoms with Crippen LogP contribution in [0.3, 0.4) is 0 Å². The quantitative estimate of drug-likeness (QED) is 0.682. The van der Waals surface area contributed by atoms with Gasteiger partial charge in [-0.15, -0.1) is 5.10 Å². The molecule has 21 heavy (non-hydrogen) atoms. The van der Waals surface area contributed by atoms with Crippen LogP contribution in [0.1, 0.15) is 15.9 Å². The highest BCUT2D eigenvalue weighted by Gasteiger charge is 2.11. The standard InChI is InChI=1S/C17H14N2O2/c1-13-7-9-15(10-8-13)19-11-14(12-20)17(18-19)21-16-5-3-2-4-6-16/h2-12H,1H3. The van der Waals surface area contributed by atoms with Gasteiger partial charge in [0.05, 0.1) is 11.3 Å². The smallest absolute Gasteiger partial charge is 0.249 e. The molecule has 0 radical (unpaired) electrons. The molecule has 0 saturated carbocycles. The van der Waals surface area contributed by atoms with E-state index in [1.807, 2.05) is 61.5 Å². The third-order valence-electron chi connectivity index (χ3n) is 3.09. The maximum absolute atomic E-state index is 11.2. The summed E-state index contributed by atoms with van der Waals surface area (Å²) in [7, 11) is 0. The molecule has 1 heterocycles. The summed E-state index contributed by atoms with van der Waals surface area (Å²) in [6.07, 6.45) is 2.41. The Morgan fingerprint density at radius 2 is 1.76 bits per heavy atom. The third kappa shape index (κ3) is 2.84. The Bertz CT molecular complexity index is 746. The summed E-state index contributed by atoms with van der Waals surface area (Å²) in [5.74, 6) is 0.950. The molecule has 4 heteroatoms. The van der Waals surface area contributed by atoms with Crippen LogP contribution in [0.15, 0.2) is 60.8 Å². The highest BCUT2D eigenvalue weighted by atomic mass is 16.5. The molecule has 0 fully saturated rings. The van der Waals surface area contributed by atoms with Gasteiger partial charge in [-0.25, -0.2) is 4.68 Å². The van der Waals surface area contributed by atoms with Crippen molar-refractivity contribution in [2.45, 2.75) is 6.92 Å². The van der Waals surface area contributed by atoms with Gasteiger partial charge in [0, 0.05) is 6.20 Å². The number of ether oxygens (including phenoxy) is 1. The Morgan fingerprint density at radius 3 is 2.43 bits per heavy atom. The number of carbonyl (C=O) groups is 1. The van der Waals surface area contributed by atoms with Crippen molar-refractivity contribution in [1.29, 1.82) is 0 Å². The molecule has 2 aromatic carbocycles. The second-order valence-electron chi connectivity index (χ2n) is 4.70. The van der Waals surface area contributed by atoms with Gasteiger partial charge in [0.1, 0.15) is 5.75 Å². The predicted octanol–water partition coefficient (Wildman–Crippen LogP) is 3.79. The van der Waals surface area contributed by atoms with Crippen molar-refractivity contribution in [2.24, 2.45) is 0 Å². The molecule has 0 aliphatic heterocycles. The van der Waals surface area contributed by atoms with Crippen molar-refractivity contribution in [3.05, 3.63) is 71.9 Å². The van der Waals surface area contributed by atoms with Crippen molar-refractivity contribution in [3.8, 4) is 17.3 Å². The highest BCUT2D eigenvalue weighted by molar-refractivity contribution is 5.78. The number of nitrogens with zero attached hydrogens (tertiary/aromatic N) is 2. The SMILES string of the molecule is Cc1ccc(-n2cc(C=O)c(Oc3ccccc3)n2)cc1. The first kappa shape index (κ1) is 13.1. The molecule has 3 aromatic rings. The van der Waals surface area contributed by atoms with Crippen LogP contribution < -0.4 is 4.74 Å². The van der Waals surface area contributed by atoms with Gasteiger partial charge in [-0.2, -0.15) is 0 Å². The minimum absolute atomic E-state index is 0.303. The van der Waals surface area contributed by atoms with Crippen LogP contribution in [-0.2, 0) is 0 Å². The Morgan fingerprint density at radius 1 is 1.05 bits per heavy atom. The Kier molecular flexibility index (Phi) is 3.51. The molecule has 1 aromatic heterocycles. The summed E-state index contributed by atoms with van der Waals surface area (Å²) in [5, 5.41) is 4.34. The van der Waals surface area contributed by atoms with Gasteiger partial charge in [-0.3, -0.25) is 4.79 Å². The fraction of sp³-hybridized carbons (Fsp3) is 0.0588. The lowest BCUT2D eigenvalue weighted by molar-refractivity contribution is 0.112. The Hall–Kier alpha value is -2.88. The Labute approximate surface area is 122 Å². The van der Waals surface area contributed by atoms with Gasteiger partial charge in [0.15, 0.2) is 6.29 Å². The van der Waals surface area contributed by atoms with E-state index in [-0.39, 0.29) is 0 Å². The topological polar surface area (TPSA) is 44.1 Å². The summed E-state index contributed by atoms with van der Waals surface area (Å²) in [6.45, 7) is 2.02. The zero-order valence-corrected chi connectivity index (χ0v) is 11.6. The first-order chi connectivity index (χ1) is 10.3. The van der Waals surface area contributed by atoms with Gasteiger partial charge in [-0.1, -0.05) is 35.9 Å². The molecule has 0 bridgehead atoms. The van der Waals surface area contributed by atoms with Crippen LogP contribution in [-0.4, -0.2) is 16.1 Å². The van der Waals surface area contributed by atoms with Gasteiger partial charge in [-0.05, 0) is 31.2 Å². The molecule has 0 spiro atoms. The average Bonchev–Trinajstić information content (AvgIpc) is 2.92. The summed E-state index contributed by atoms with van der Waals surface area (Å²) in [4.78, 5) is 11.2. The van der Waals surface area contributed by atoms with Crippen LogP contribution in [0.5, 0.6) is 11.6 Å².